The summed E-state index contributed by atoms with van der Waals surface area (Å²) in [6.07, 6.45) is 2.14. The topological polar surface area (TPSA) is 20.3 Å². The number of nitrogens with zero attached hydrogens (tertiary/aromatic N) is 1. The van der Waals surface area contributed by atoms with Gasteiger partial charge in [-0.3, -0.25) is 4.79 Å². The fourth-order valence-electron chi connectivity index (χ4n) is 2.79. The van der Waals surface area contributed by atoms with Crippen LogP contribution in [-0.2, 0) is 10.2 Å². The molecule has 2 rings (SSSR count). The number of hydrogen-bond donors (Lipinski definition) is 0. The Bertz CT molecular complexity index is 452. The third-order valence-corrected chi connectivity index (χ3v) is 4.51. The molecule has 0 radical (unpaired) electrons. The smallest absolute Gasteiger partial charge is 0.223 e. The van der Waals surface area contributed by atoms with Gasteiger partial charge in [0.15, 0.2) is 0 Å². The monoisotopic (exact) mass is 295 g/mol. The Balaban J connectivity index is 2.58. The zero-order chi connectivity index (χ0) is 12.6. The molecule has 0 unspecified atom stereocenters. The van der Waals surface area contributed by atoms with Crippen molar-refractivity contribution < 1.29 is 4.79 Å². The average molecular weight is 296 g/mol. The van der Waals surface area contributed by atoms with Crippen molar-refractivity contribution in [2.24, 2.45) is 0 Å². The minimum Gasteiger partial charge on any atom is -0.311 e. The lowest BCUT2D eigenvalue weighted by atomic mass is 9.78. The van der Waals surface area contributed by atoms with Gasteiger partial charge in [0.1, 0.15) is 0 Å². The van der Waals surface area contributed by atoms with Crippen LogP contribution in [0.15, 0.2) is 22.7 Å². The molecule has 0 bridgehead atoms. The molecule has 1 amide bonds. The Morgan fingerprint density at radius 3 is 2.59 bits per heavy atom. The van der Waals surface area contributed by atoms with Crippen LogP contribution in [-0.4, -0.2) is 12.5 Å². The SMILES string of the molecule is CCC1(CC)CN(C(C)=O)c2cc(Br)ccc21. The van der Waals surface area contributed by atoms with Crippen LogP contribution in [0.4, 0.5) is 5.69 Å². The summed E-state index contributed by atoms with van der Waals surface area (Å²) >= 11 is 3.48. The van der Waals surface area contributed by atoms with Gasteiger partial charge in [-0.2, -0.15) is 0 Å². The van der Waals surface area contributed by atoms with Crippen molar-refractivity contribution in [1.82, 2.24) is 0 Å². The van der Waals surface area contributed by atoms with E-state index < -0.39 is 0 Å². The molecule has 0 N–H and O–H groups in total. The Morgan fingerprint density at radius 2 is 2.06 bits per heavy atom. The van der Waals surface area contributed by atoms with Crippen molar-refractivity contribution in [1.29, 1.82) is 0 Å². The molecule has 0 saturated heterocycles. The Kier molecular flexibility index (Phi) is 3.30. The largest absolute Gasteiger partial charge is 0.311 e. The van der Waals surface area contributed by atoms with E-state index in [2.05, 4.69) is 48.0 Å². The molecular weight excluding hydrogens is 278 g/mol. The molecule has 1 aromatic rings. The van der Waals surface area contributed by atoms with Gasteiger partial charge in [0.25, 0.3) is 0 Å². The van der Waals surface area contributed by atoms with Gasteiger partial charge >= 0.3 is 0 Å². The van der Waals surface area contributed by atoms with E-state index in [9.17, 15) is 4.79 Å². The van der Waals surface area contributed by atoms with Crippen LogP contribution in [0.2, 0.25) is 0 Å². The fourth-order valence-corrected chi connectivity index (χ4v) is 3.13. The molecule has 17 heavy (non-hydrogen) atoms. The normalized spacial score (nSPS) is 17.1. The second-order valence-electron chi connectivity index (χ2n) is 4.75. The number of amides is 1. The van der Waals surface area contributed by atoms with Gasteiger partial charge in [0, 0.05) is 29.0 Å². The second kappa shape index (κ2) is 4.45. The molecule has 0 aromatic heterocycles. The van der Waals surface area contributed by atoms with E-state index in [-0.39, 0.29) is 11.3 Å². The van der Waals surface area contributed by atoms with E-state index >= 15 is 0 Å². The molecule has 0 aliphatic carbocycles. The first-order valence-electron chi connectivity index (χ1n) is 6.12. The van der Waals surface area contributed by atoms with E-state index in [0.717, 1.165) is 29.5 Å². The van der Waals surface area contributed by atoms with Gasteiger partial charge in [0.2, 0.25) is 5.91 Å². The zero-order valence-electron chi connectivity index (χ0n) is 10.6. The minimum absolute atomic E-state index is 0.133. The standard InChI is InChI=1S/C14H18BrNO/c1-4-14(5-2)9-16(10(3)17)13-8-11(15)6-7-12(13)14/h6-8H,4-5,9H2,1-3H3. The summed E-state index contributed by atoms with van der Waals surface area (Å²) in [7, 11) is 0. The number of carbonyl (C=O) groups excluding carboxylic acids is 1. The van der Waals surface area contributed by atoms with E-state index in [4.69, 9.17) is 0 Å². The van der Waals surface area contributed by atoms with Crippen LogP contribution >= 0.6 is 15.9 Å². The van der Waals surface area contributed by atoms with Crippen molar-refractivity contribution in [2.75, 3.05) is 11.4 Å². The number of benzene rings is 1. The highest BCUT2D eigenvalue weighted by Gasteiger charge is 2.41. The highest BCUT2D eigenvalue weighted by atomic mass is 79.9. The van der Waals surface area contributed by atoms with E-state index in [1.54, 1.807) is 6.92 Å². The molecule has 0 saturated carbocycles. The number of anilines is 1. The van der Waals surface area contributed by atoms with Crippen molar-refractivity contribution in [3.8, 4) is 0 Å². The van der Waals surface area contributed by atoms with Crippen molar-refractivity contribution in [3.05, 3.63) is 28.2 Å². The summed E-state index contributed by atoms with van der Waals surface area (Å²) in [5, 5.41) is 0. The molecule has 1 aliphatic heterocycles. The van der Waals surface area contributed by atoms with Crippen LogP contribution in [0.1, 0.15) is 39.2 Å². The van der Waals surface area contributed by atoms with E-state index in [0.29, 0.717) is 0 Å². The number of rotatable bonds is 2. The lowest BCUT2D eigenvalue weighted by Crippen LogP contribution is -2.35. The van der Waals surface area contributed by atoms with Gasteiger partial charge in [-0.25, -0.2) is 0 Å². The molecule has 0 atom stereocenters. The summed E-state index contributed by atoms with van der Waals surface area (Å²) in [5.74, 6) is 0.133. The van der Waals surface area contributed by atoms with Gasteiger partial charge in [-0.1, -0.05) is 35.8 Å². The van der Waals surface area contributed by atoms with Gasteiger partial charge in [-0.15, -0.1) is 0 Å². The first kappa shape index (κ1) is 12.6. The van der Waals surface area contributed by atoms with E-state index in [1.807, 2.05) is 4.90 Å². The lowest BCUT2D eigenvalue weighted by molar-refractivity contribution is -0.116. The van der Waals surface area contributed by atoms with Crippen LogP contribution in [0, 0.1) is 0 Å². The highest BCUT2D eigenvalue weighted by Crippen LogP contribution is 2.45. The third-order valence-electron chi connectivity index (χ3n) is 4.02. The predicted molar refractivity (Wildman–Crippen MR) is 74.4 cm³/mol. The average Bonchev–Trinajstić information content (AvgIpc) is 2.63. The predicted octanol–water partition coefficient (Wildman–Crippen LogP) is 3.87. The number of hydrogen-bond acceptors (Lipinski definition) is 1. The first-order valence-corrected chi connectivity index (χ1v) is 6.91. The molecule has 3 heteroatoms. The first-order chi connectivity index (χ1) is 8.04. The molecule has 0 spiro atoms. The van der Waals surface area contributed by atoms with Gasteiger partial charge in [0.05, 0.1) is 0 Å². The molecular formula is C14H18BrNO. The van der Waals surface area contributed by atoms with Crippen LogP contribution < -0.4 is 4.90 Å². The Labute approximate surface area is 111 Å². The Hall–Kier alpha value is -0.830. The number of fused-ring (bicyclic) bond motifs is 1. The maximum Gasteiger partial charge on any atom is 0.223 e. The summed E-state index contributed by atoms with van der Waals surface area (Å²) in [6, 6.07) is 6.29. The van der Waals surface area contributed by atoms with Crippen LogP contribution in [0.3, 0.4) is 0 Å². The summed E-state index contributed by atoms with van der Waals surface area (Å²) in [6.45, 7) is 6.88. The summed E-state index contributed by atoms with van der Waals surface area (Å²) < 4.78 is 1.03. The number of halogens is 1. The summed E-state index contributed by atoms with van der Waals surface area (Å²) in [4.78, 5) is 13.7. The maximum atomic E-state index is 11.8. The third kappa shape index (κ3) is 1.90. The summed E-state index contributed by atoms with van der Waals surface area (Å²) in [5.41, 5.74) is 2.54. The van der Waals surface area contributed by atoms with Crippen molar-refractivity contribution in [2.45, 2.75) is 39.0 Å². The minimum atomic E-state index is 0.133. The van der Waals surface area contributed by atoms with E-state index in [1.165, 1.54) is 5.56 Å². The van der Waals surface area contributed by atoms with Crippen LogP contribution in [0.25, 0.3) is 0 Å². The molecule has 2 nitrogen and oxygen atoms in total. The van der Waals surface area contributed by atoms with Crippen molar-refractivity contribution >= 4 is 27.5 Å². The zero-order valence-corrected chi connectivity index (χ0v) is 12.2. The molecule has 92 valence electrons. The second-order valence-corrected chi connectivity index (χ2v) is 5.67. The lowest BCUT2D eigenvalue weighted by Gasteiger charge is -2.27. The molecule has 1 heterocycles. The molecule has 0 fully saturated rings. The van der Waals surface area contributed by atoms with Crippen LogP contribution in [0.5, 0.6) is 0 Å². The highest BCUT2D eigenvalue weighted by molar-refractivity contribution is 9.10. The van der Waals surface area contributed by atoms with Crippen molar-refractivity contribution in [3.63, 3.8) is 0 Å². The Morgan fingerprint density at radius 1 is 1.41 bits per heavy atom. The number of carbonyl (C=O) groups is 1. The van der Waals surface area contributed by atoms with Gasteiger partial charge in [-0.05, 0) is 30.5 Å². The maximum absolute atomic E-state index is 11.8. The molecule has 1 aromatic carbocycles. The van der Waals surface area contributed by atoms with Gasteiger partial charge < -0.3 is 4.90 Å². The fraction of sp³-hybridized carbons (Fsp3) is 0.500. The molecule has 1 aliphatic rings. The quantitative estimate of drug-likeness (QED) is 0.811.